The lowest BCUT2D eigenvalue weighted by molar-refractivity contribution is 0.0998. The van der Waals surface area contributed by atoms with Crippen LogP contribution in [0.2, 0.25) is 0 Å². The molecular weight excluding hydrogens is 260 g/mol. The Balaban J connectivity index is 2.32. The number of aromatic nitrogens is 1. The molecule has 0 spiro atoms. The summed E-state index contributed by atoms with van der Waals surface area (Å²) in [6.07, 6.45) is 5.27. The molecule has 0 atom stereocenters. The summed E-state index contributed by atoms with van der Waals surface area (Å²) in [6, 6.07) is 1.98. The van der Waals surface area contributed by atoms with Crippen molar-refractivity contribution in [3.63, 3.8) is 0 Å². The van der Waals surface area contributed by atoms with Crippen molar-refractivity contribution < 1.29 is 4.79 Å². The van der Waals surface area contributed by atoms with E-state index in [-0.39, 0.29) is 11.0 Å². The molecule has 2 heterocycles. The van der Waals surface area contributed by atoms with Gasteiger partial charge in [-0.05, 0) is 37.1 Å². The molecule has 1 aliphatic carbocycles. The number of hydrogen-bond acceptors (Lipinski definition) is 3. The molecule has 0 aromatic carbocycles. The Hall–Kier alpha value is -1.88. The standard InChI is InChI=1S/C14H14N2O2S/c15-14(18)11-7-16(9-5-6-19-8-9)12-4-2-1-3-10(12)13(11)17/h5-8H,1-4H2,(H2,15,18). The monoisotopic (exact) mass is 274 g/mol. The highest BCUT2D eigenvalue weighted by Gasteiger charge is 2.21. The molecule has 98 valence electrons. The van der Waals surface area contributed by atoms with Gasteiger partial charge in [-0.3, -0.25) is 9.59 Å². The molecule has 2 aromatic heterocycles. The lowest BCUT2D eigenvalue weighted by Gasteiger charge is -2.21. The summed E-state index contributed by atoms with van der Waals surface area (Å²) >= 11 is 1.59. The maximum atomic E-state index is 12.3. The number of hydrogen-bond donors (Lipinski definition) is 1. The SMILES string of the molecule is NC(=O)c1cn(-c2ccsc2)c2c(c1=O)CCCC2. The Morgan fingerprint density at radius 1 is 1.32 bits per heavy atom. The topological polar surface area (TPSA) is 65.1 Å². The molecule has 0 saturated heterocycles. The van der Waals surface area contributed by atoms with Gasteiger partial charge >= 0.3 is 0 Å². The number of carbonyl (C=O) groups excluding carboxylic acids is 1. The lowest BCUT2D eigenvalue weighted by atomic mass is 9.93. The molecule has 3 rings (SSSR count). The lowest BCUT2D eigenvalue weighted by Crippen LogP contribution is -2.30. The summed E-state index contributed by atoms with van der Waals surface area (Å²) in [5, 5.41) is 3.98. The number of fused-ring (bicyclic) bond motifs is 1. The summed E-state index contributed by atoms with van der Waals surface area (Å²) in [5.41, 5.74) is 8.00. The second-order valence-electron chi connectivity index (χ2n) is 4.72. The van der Waals surface area contributed by atoms with Crippen LogP contribution >= 0.6 is 11.3 Å². The Kier molecular flexibility index (Phi) is 2.98. The number of nitrogens with two attached hydrogens (primary N) is 1. The zero-order chi connectivity index (χ0) is 13.4. The first-order chi connectivity index (χ1) is 9.18. The second kappa shape index (κ2) is 4.66. The largest absolute Gasteiger partial charge is 0.365 e. The van der Waals surface area contributed by atoms with E-state index in [9.17, 15) is 9.59 Å². The van der Waals surface area contributed by atoms with Crippen LogP contribution in [0.25, 0.3) is 5.69 Å². The minimum Gasteiger partial charge on any atom is -0.365 e. The van der Waals surface area contributed by atoms with Crippen LogP contribution in [-0.2, 0) is 12.8 Å². The van der Waals surface area contributed by atoms with E-state index >= 15 is 0 Å². The minimum atomic E-state index is -0.651. The summed E-state index contributed by atoms with van der Waals surface area (Å²) in [6.45, 7) is 0. The van der Waals surface area contributed by atoms with Gasteiger partial charge in [0.25, 0.3) is 5.91 Å². The van der Waals surface area contributed by atoms with Crippen molar-refractivity contribution >= 4 is 17.2 Å². The van der Waals surface area contributed by atoms with Gasteiger partial charge < -0.3 is 10.3 Å². The average Bonchev–Trinajstić information content (AvgIpc) is 2.93. The first kappa shape index (κ1) is 12.2. The molecular formula is C14H14N2O2S. The van der Waals surface area contributed by atoms with E-state index in [2.05, 4.69) is 0 Å². The highest BCUT2D eigenvalue weighted by atomic mass is 32.1. The smallest absolute Gasteiger partial charge is 0.254 e. The summed E-state index contributed by atoms with van der Waals surface area (Å²) in [7, 11) is 0. The highest BCUT2D eigenvalue weighted by Crippen LogP contribution is 2.23. The zero-order valence-electron chi connectivity index (χ0n) is 10.4. The van der Waals surface area contributed by atoms with E-state index in [0.717, 1.165) is 42.6 Å². The molecule has 1 aliphatic rings. The van der Waals surface area contributed by atoms with Crippen molar-refractivity contribution in [2.24, 2.45) is 5.73 Å². The third-order valence-corrected chi connectivity index (χ3v) is 4.23. The van der Waals surface area contributed by atoms with Gasteiger partial charge in [0.05, 0.1) is 5.69 Å². The fourth-order valence-electron chi connectivity index (χ4n) is 2.63. The molecule has 5 heteroatoms. The van der Waals surface area contributed by atoms with Crippen molar-refractivity contribution in [3.05, 3.63) is 50.1 Å². The van der Waals surface area contributed by atoms with Crippen LogP contribution in [0.1, 0.15) is 34.5 Å². The molecule has 0 fully saturated rings. The maximum absolute atomic E-state index is 12.3. The van der Waals surface area contributed by atoms with Gasteiger partial charge in [-0.25, -0.2) is 0 Å². The highest BCUT2D eigenvalue weighted by molar-refractivity contribution is 7.08. The number of thiophene rings is 1. The van der Waals surface area contributed by atoms with Crippen molar-refractivity contribution in [3.8, 4) is 5.69 Å². The fraction of sp³-hybridized carbons (Fsp3) is 0.286. The van der Waals surface area contributed by atoms with E-state index in [0.29, 0.717) is 0 Å². The first-order valence-electron chi connectivity index (χ1n) is 6.28. The van der Waals surface area contributed by atoms with Crippen LogP contribution < -0.4 is 11.2 Å². The molecule has 0 bridgehead atoms. The maximum Gasteiger partial charge on any atom is 0.254 e. The number of rotatable bonds is 2. The third kappa shape index (κ3) is 2.00. The summed E-state index contributed by atoms with van der Waals surface area (Å²) < 4.78 is 1.95. The Morgan fingerprint density at radius 3 is 2.79 bits per heavy atom. The van der Waals surface area contributed by atoms with E-state index in [1.807, 2.05) is 21.4 Å². The summed E-state index contributed by atoms with van der Waals surface area (Å²) in [5.74, 6) is -0.651. The number of primary amides is 1. The van der Waals surface area contributed by atoms with Crippen LogP contribution in [0.5, 0.6) is 0 Å². The number of carbonyl (C=O) groups is 1. The van der Waals surface area contributed by atoms with E-state index in [1.165, 1.54) is 0 Å². The van der Waals surface area contributed by atoms with Gasteiger partial charge in [-0.15, -0.1) is 0 Å². The zero-order valence-corrected chi connectivity index (χ0v) is 11.2. The summed E-state index contributed by atoms with van der Waals surface area (Å²) in [4.78, 5) is 23.7. The molecule has 0 radical (unpaired) electrons. The van der Waals surface area contributed by atoms with Gasteiger partial charge in [-0.2, -0.15) is 11.3 Å². The quantitative estimate of drug-likeness (QED) is 0.908. The average molecular weight is 274 g/mol. The Bertz CT molecular complexity index is 686. The normalized spacial score (nSPS) is 14.1. The van der Waals surface area contributed by atoms with Crippen LogP contribution in [0.3, 0.4) is 0 Å². The van der Waals surface area contributed by atoms with Crippen molar-refractivity contribution in [1.29, 1.82) is 0 Å². The number of pyridine rings is 1. The van der Waals surface area contributed by atoms with Crippen LogP contribution in [-0.4, -0.2) is 10.5 Å². The molecule has 0 unspecified atom stereocenters. The van der Waals surface area contributed by atoms with Gasteiger partial charge in [0.15, 0.2) is 5.43 Å². The van der Waals surface area contributed by atoms with Gasteiger partial charge in [0.2, 0.25) is 0 Å². The van der Waals surface area contributed by atoms with Crippen molar-refractivity contribution in [2.45, 2.75) is 25.7 Å². The van der Waals surface area contributed by atoms with Crippen LogP contribution in [0.15, 0.2) is 27.8 Å². The van der Waals surface area contributed by atoms with E-state index in [4.69, 9.17) is 5.73 Å². The molecule has 1 amide bonds. The molecule has 0 saturated carbocycles. The minimum absolute atomic E-state index is 0.0897. The number of nitrogens with zero attached hydrogens (tertiary/aromatic N) is 1. The predicted octanol–water partition coefficient (Wildman–Crippen LogP) is 1.88. The Labute approximate surface area is 114 Å². The number of amides is 1. The van der Waals surface area contributed by atoms with Gasteiger partial charge in [0, 0.05) is 22.8 Å². The molecule has 2 N–H and O–H groups in total. The van der Waals surface area contributed by atoms with Crippen LogP contribution in [0.4, 0.5) is 0 Å². The fourth-order valence-corrected chi connectivity index (χ4v) is 3.26. The van der Waals surface area contributed by atoms with Crippen LogP contribution in [0, 0.1) is 0 Å². The predicted molar refractivity (Wildman–Crippen MR) is 75.1 cm³/mol. The molecule has 4 nitrogen and oxygen atoms in total. The van der Waals surface area contributed by atoms with E-state index < -0.39 is 5.91 Å². The van der Waals surface area contributed by atoms with Crippen molar-refractivity contribution in [2.75, 3.05) is 0 Å². The van der Waals surface area contributed by atoms with E-state index in [1.54, 1.807) is 17.5 Å². The molecule has 19 heavy (non-hydrogen) atoms. The van der Waals surface area contributed by atoms with Gasteiger partial charge in [-0.1, -0.05) is 0 Å². The third-order valence-electron chi connectivity index (χ3n) is 3.56. The van der Waals surface area contributed by atoms with Gasteiger partial charge in [0.1, 0.15) is 5.56 Å². The first-order valence-corrected chi connectivity index (χ1v) is 7.22. The van der Waals surface area contributed by atoms with Crippen molar-refractivity contribution in [1.82, 2.24) is 4.57 Å². The molecule has 2 aromatic rings. The second-order valence-corrected chi connectivity index (χ2v) is 5.50. The molecule has 0 aliphatic heterocycles. The Morgan fingerprint density at radius 2 is 2.11 bits per heavy atom.